The third-order valence-electron chi connectivity index (χ3n) is 2.62. The number of carbonyl (C=O) groups excluding carboxylic acids is 2. The second kappa shape index (κ2) is 7.64. The number of carboxylic acids is 1. The van der Waals surface area contributed by atoms with E-state index in [-0.39, 0.29) is 16.5 Å². The van der Waals surface area contributed by atoms with E-state index in [1.807, 2.05) is 6.92 Å². The van der Waals surface area contributed by atoms with E-state index in [9.17, 15) is 14.4 Å². The van der Waals surface area contributed by atoms with Crippen molar-refractivity contribution in [3.05, 3.63) is 28.8 Å². The van der Waals surface area contributed by atoms with Crippen molar-refractivity contribution in [2.75, 3.05) is 18.4 Å². The minimum Gasteiger partial charge on any atom is -0.480 e. The molecule has 0 aromatic heterocycles. The molecule has 1 aromatic carbocycles. The van der Waals surface area contributed by atoms with Crippen LogP contribution in [-0.4, -0.2) is 40.9 Å². The lowest BCUT2D eigenvalue weighted by atomic mass is 10.1. The van der Waals surface area contributed by atoms with Crippen LogP contribution in [0.5, 0.6) is 0 Å². The number of anilines is 1. The van der Waals surface area contributed by atoms with Crippen LogP contribution in [0.1, 0.15) is 30.6 Å². The third kappa shape index (κ3) is 5.07. The van der Waals surface area contributed by atoms with Crippen LogP contribution in [0, 0.1) is 0 Å². The molecule has 0 fully saturated rings. The molecular weight excluding hydrogens is 296 g/mol. The summed E-state index contributed by atoms with van der Waals surface area (Å²) in [5.74, 6) is -1.84. The summed E-state index contributed by atoms with van der Waals surface area (Å²) < 4.78 is 0. The predicted molar refractivity (Wildman–Crippen MR) is 79.6 cm³/mol. The largest absolute Gasteiger partial charge is 0.480 e. The number of carboxylic acid groups (broad SMARTS) is 1. The van der Waals surface area contributed by atoms with Gasteiger partial charge < -0.3 is 15.3 Å². The number of rotatable bonds is 6. The van der Waals surface area contributed by atoms with Crippen molar-refractivity contribution in [2.45, 2.75) is 20.3 Å². The fourth-order valence-corrected chi connectivity index (χ4v) is 2.02. The van der Waals surface area contributed by atoms with Gasteiger partial charge in [-0.3, -0.25) is 14.4 Å². The van der Waals surface area contributed by atoms with E-state index in [0.717, 1.165) is 0 Å². The molecule has 0 radical (unpaired) electrons. The van der Waals surface area contributed by atoms with Gasteiger partial charge in [0, 0.05) is 19.2 Å². The normalized spacial score (nSPS) is 10.0. The molecule has 0 bridgehead atoms. The summed E-state index contributed by atoms with van der Waals surface area (Å²) in [4.78, 5) is 35.5. The van der Waals surface area contributed by atoms with Crippen LogP contribution in [0.4, 0.5) is 5.69 Å². The van der Waals surface area contributed by atoms with Crippen molar-refractivity contribution in [3.8, 4) is 0 Å². The van der Waals surface area contributed by atoms with Crippen LogP contribution in [-0.2, 0) is 9.59 Å². The molecular formula is C14H17ClN2O4. The van der Waals surface area contributed by atoms with Gasteiger partial charge in [-0.1, -0.05) is 18.5 Å². The first-order chi connectivity index (χ1) is 9.85. The molecule has 0 heterocycles. The average molecular weight is 313 g/mol. The van der Waals surface area contributed by atoms with Crippen molar-refractivity contribution >= 4 is 35.1 Å². The molecule has 2 N–H and O–H groups in total. The lowest BCUT2D eigenvalue weighted by Gasteiger charge is -2.21. The highest BCUT2D eigenvalue weighted by atomic mass is 35.5. The Kier molecular flexibility index (Phi) is 6.17. The molecule has 7 heteroatoms. The van der Waals surface area contributed by atoms with Crippen LogP contribution in [0.15, 0.2) is 18.2 Å². The summed E-state index contributed by atoms with van der Waals surface area (Å²) in [5, 5.41) is 11.6. The van der Waals surface area contributed by atoms with Crippen molar-refractivity contribution in [3.63, 3.8) is 0 Å². The number of amides is 2. The van der Waals surface area contributed by atoms with E-state index in [0.29, 0.717) is 18.7 Å². The van der Waals surface area contributed by atoms with Crippen LogP contribution >= 0.6 is 11.6 Å². The number of benzene rings is 1. The highest BCUT2D eigenvalue weighted by molar-refractivity contribution is 6.34. The minimum atomic E-state index is -1.09. The van der Waals surface area contributed by atoms with E-state index in [1.165, 1.54) is 24.0 Å². The Balaban J connectivity index is 3.07. The molecule has 1 rings (SSSR count). The smallest absolute Gasteiger partial charge is 0.323 e. The maximum Gasteiger partial charge on any atom is 0.323 e. The minimum absolute atomic E-state index is 0.164. The Labute approximate surface area is 127 Å². The van der Waals surface area contributed by atoms with E-state index in [1.54, 1.807) is 6.07 Å². The Morgan fingerprint density at radius 1 is 1.33 bits per heavy atom. The second-order valence-electron chi connectivity index (χ2n) is 4.50. The molecule has 6 nitrogen and oxygen atoms in total. The number of hydrogen-bond acceptors (Lipinski definition) is 3. The number of aliphatic carboxylic acids is 1. The van der Waals surface area contributed by atoms with Crippen molar-refractivity contribution in [2.24, 2.45) is 0 Å². The summed E-state index contributed by atoms with van der Waals surface area (Å²) in [7, 11) is 0. The van der Waals surface area contributed by atoms with Gasteiger partial charge in [0.2, 0.25) is 5.91 Å². The van der Waals surface area contributed by atoms with Crippen LogP contribution < -0.4 is 5.32 Å². The zero-order chi connectivity index (χ0) is 16.0. The summed E-state index contributed by atoms with van der Waals surface area (Å²) in [6.45, 7) is 3.11. The zero-order valence-electron chi connectivity index (χ0n) is 11.9. The fraction of sp³-hybridized carbons (Fsp3) is 0.357. The Hall–Kier alpha value is -2.08. The van der Waals surface area contributed by atoms with Crippen molar-refractivity contribution in [1.29, 1.82) is 0 Å². The monoisotopic (exact) mass is 312 g/mol. The molecule has 0 spiro atoms. The van der Waals surface area contributed by atoms with Gasteiger partial charge in [-0.05, 0) is 24.6 Å². The van der Waals surface area contributed by atoms with Gasteiger partial charge >= 0.3 is 5.97 Å². The van der Waals surface area contributed by atoms with Gasteiger partial charge in [0.15, 0.2) is 0 Å². The lowest BCUT2D eigenvalue weighted by molar-refractivity contribution is -0.137. The second-order valence-corrected chi connectivity index (χ2v) is 4.90. The molecule has 1 aromatic rings. The summed E-state index contributed by atoms with van der Waals surface area (Å²) >= 11 is 6.00. The quantitative estimate of drug-likeness (QED) is 0.843. The van der Waals surface area contributed by atoms with E-state index >= 15 is 0 Å². The van der Waals surface area contributed by atoms with Crippen LogP contribution in [0.25, 0.3) is 0 Å². The first kappa shape index (κ1) is 17.0. The standard InChI is InChI=1S/C14H17ClN2O4/c1-3-6-17(8-13(19)20)14(21)11-7-10(16-9(2)18)4-5-12(11)15/h4-5,7H,3,6,8H2,1-2H3,(H,16,18)(H,19,20). The van der Waals surface area contributed by atoms with Crippen LogP contribution in [0.3, 0.4) is 0 Å². The first-order valence-corrected chi connectivity index (χ1v) is 6.81. The Bertz CT molecular complexity index is 560. The Morgan fingerprint density at radius 2 is 2.00 bits per heavy atom. The van der Waals surface area contributed by atoms with Gasteiger partial charge in [-0.2, -0.15) is 0 Å². The summed E-state index contributed by atoms with van der Waals surface area (Å²) in [6, 6.07) is 4.50. The highest BCUT2D eigenvalue weighted by Crippen LogP contribution is 2.22. The van der Waals surface area contributed by atoms with Crippen molar-refractivity contribution < 1.29 is 19.5 Å². The first-order valence-electron chi connectivity index (χ1n) is 6.43. The van der Waals surface area contributed by atoms with E-state index in [4.69, 9.17) is 16.7 Å². The number of nitrogens with zero attached hydrogens (tertiary/aromatic N) is 1. The molecule has 0 aliphatic heterocycles. The maximum absolute atomic E-state index is 12.4. The lowest BCUT2D eigenvalue weighted by Crippen LogP contribution is -2.36. The molecule has 0 unspecified atom stereocenters. The number of carbonyl (C=O) groups is 3. The van der Waals surface area contributed by atoms with Gasteiger partial charge in [-0.15, -0.1) is 0 Å². The van der Waals surface area contributed by atoms with Crippen molar-refractivity contribution in [1.82, 2.24) is 4.90 Å². The fourth-order valence-electron chi connectivity index (χ4n) is 1.83. The van der Waals surface area contributed by atoms with Crippen LogP contribution in [0.2, 0.25) is 5.02 Å². The molecule has 0 atom stereocenters. The summed E-state index contributed by atoms with van der Waals surface area (Å²) in [5.41, 5.74) is 0.597. The average Bonchev–Trinajstić information content (AvgIpc) is 2.38. The molecule has 0 saturated heterocycles. The number of halogens is 1. The third-order valence-corrected chi connectivity index (χ3v) is 2.95. The zero-order valence-corrected chi connectivity index (χ0v) is 12.6. The molecule has 21 heavy (non-hydrogen) atoms. The van der Waals surface area contributed by atoms with Gasteiger partial charge in [0.1, 0.15) is 6.54 Å². The van der Waals surface area contributed by atoms with Gasteiger partial charge in [0.05, 0.1) is 10.6 Å². The molecule has 0 saturated carbocycles. The highest BCUT2D eigenvalue weighted by Gasteiger charge is 2.20. The maximum atomic E-state index is 12.4. The molecule has 0 aliphatic carbocycles. The van der Waals surface area contributed by atoms with E-state index in [2.05, 4.69) is 5.32 Å². The van der Waals surface area contributed by atoms with E-state index < -0.39 is 18.4 Å². The predicted octanol–water partition coefficient (Wildman–Crippen LogP) is 2.24. The number of hydrogen-bond donors (Lipinski definition) is 2. The SMILES string of the molecule is CCCN(CC(=O)O)C(=O)c1cc(NC(C)=O)ccc1Cl. The van der Waals surface area contributed by atoms with Gasteiger partial charge in [-0.25, -0.2) is 0 Å². The molecule has 114 valence electrons. The molecule has 2 amide bonds. The molecule has 0 aliphatic rings. The van der Waals surface area contributed by atoms with Gasteiger partial charge in [0.25, 0.3) is 5.91 Å². The summed E-state index contributed by atoms with van der Waals surface area (Å²) in [6.07, 6.45) is 0.627. The Morgan fingerprint density at radius 3 is 2.52 bits per heavy atom. The topological polar surface area (TPSA) is 86.7 Å². The number of nitrogens with one attached hydrogen (secondary N) is 1.